The molecule has 0 amide bonds. The average Bonchev–Trinajstić information content (AvgIpc) is 3.08. The van der Waals surface area contributed by atoms with Crippen molar-refractivity contribution in [2.45, 2.75) is 19.6 Å². The van der Waals surface area contributed by atoms with Crippen molar-refractivity contribution in [2.75, 3.05) is 18.1 Å². The third-order valence-corrected chi connectivity index (χ3v) is 10.1. The summed E-state index contributed by atoms with van der Waals surface area (Å²) in [5.74, 6) is -1.04. The molecule has 0 aliphatic rings. The zero-order valence-electron chi connectivity index (χ0n) is 28.2. The molecule has 4 aromatic carbocycles. The maximum Gasteiger partial charge on any atom is 1.00 e. The van der Waals surface area contributed by atoms with Crippen molar-refractivity contribution in [3.63, 3.8) is 0 Å². The third-order valence-electron chi connectivity index (χ3n) is 6.00. The molecule has 3 N–H and O–H groups in total. The van der Waals surface area contributed by atoms with Crippen LogP contribution in [-0.2, 0) is 52.3 Å². The fraction of sp³-hybridized carbons (Fsp3) is 0.0833. The second kappa shape index (κ2) is 26.5. The average molecular weight is 884 g/mol. The molecule has 268 valence electrons. The molecule has 4 rings (SSSR count). The van der Waals surface area contributed by atoms with Gasteiger partial charge in [-0.3, -0.25) is 19.3 Å². The molecular weight excluding hydrogens is 867 g/mol. The monoisotopic (exact) mass is 883 g/mol. The van der Waals surface area contributed by atoms with Crippen LogP contribution in [0.25, 0.3) is 10.8 Å². The summed E-state index contributed by atoms with van der Waals surface area (Å²) in [6, 6.07) is 12.3. The fourth-order valence-electron chi connectivity index (χ4n) is 3.89. The predicted molar refractivity (Wildman–Crippen MR) is 163 cm³/mol. The maximum atomic E-state index is 12.5. The Morgan fingerprint density at radius 2 is 1.35 bits per heavy atom. The standard InChI is InChI=1S/C24H21N5O16S5.4Na/c25-18-7-6-16-17(22(18)28-26-13-1-4-15(5-2-13)49(34,35)10-9-39-48-45-42-33)12-20(47-44-41-32)23(24(16)30)29-27-19-11-14(46-43-40-31)3-8-21(19)50(36,37)38;;;;/h1-8,11-12,30-33H,9-10,25H2,(H,36,37,38);;;;/q;4*+1/p-4. The summed E-state index contributed by atoms with van der Waals surface area (Å²) in [5, 5.41) is 67.6. The van der Waals surface area contributed by atoms with E-state index in [9.17, 15) is 42.3 Å². The number of benzene rings is 4. The van der Waals surface area contributed by atoms with E-state index in [0.717, 1.165) is 18.2 Å². The molecule has 0 bridgehead atoms. The number of fused-ring (bicyclic) bond motifs is 1. The first-order chi connectivity index (χ1) is 23.9. The molecule has 0 heterocycles. The van der Waals surface area contributed by atoms with Gasteiger partial charge in [-0.1, -0.05) is 0 Å². The van der Waals surface area contributed by atoms with Crippen molar-refractivity contribution in [3.8, 4) is 5.75 Å². The summed E-state index contributed by atoms with van der Waals surface area (Å²) >= 11 is 0.809. The molecule has 21 nitrogen and oxygen atoms in total. The molecule has 0 radical (unpaired) electrons. The van der Waals surface area contributed by atoms with E-state index in [2.05, 4.69) is 48.6 Å². The molecule has 0 spiro atoms. The fourth-order valence-corrected chi connectivity index (χ4v) is 6.77. The molecule has 0 unspecified atom stereocenters. The number of nitrogen functional groups attached to an aromatic ring is 1. The second-order valence-corrected chi connectivity index (χ2v) is 14.4. The molecule has 4 aromatic rings. The Hall–Kier alpha value is 0.450. The van der Waals surface area contributed by atoms with Crippen molar-refractivity contribution in [1.82, 2.24) is 0 Å². The van der Waals surface area contributed by atoms with E-state index in [0.29, 0.717) is 12.0 Å². The maximum absolute atomic E-state index is 12.5. The van der Waals surface area contributed by atoms with Gasteiger partial charge in [0.2, 0.25) is 0 Å². The van der Waals surface area contributed by atoms with Crippen LogP contribution in [0.4, 0.5) is 28.4 Å². The SMILES string of the molecule is Nc1ccc2c(O)c(N=Nc3cc(SOO[O-])ccc3S(=O)(=O)[O-])c(SOO[O-])cc2c1N=Nc1ccc(S(=O)(=O)CCOSOO[O-])cc1.[Na+].[Na+].[Na+].[Na+]. The number of hydrogen-bond acceptors (Lipinski definition) is 24. The Balaban J connectivity index is 0.00000702. The minimum atomic E-state index is -5.09. The number of nitrogens with two attached hydrogens (primary N) is 1. The van der Waals surface area contributed by atoms with Crippen LogP contribution in [0.2, 0.25) is 0 Å². The van der Waals surface area contributed by atoms with Gasteiger partial charge in [0.05, 0.1) is 62.5 Å². The van der Waals surface area contributed by atoms with Gasteiger partial charge in [-0.05, 0) is 60.7 Å². The van der Waals surface area contributed by atoms with Gasteiger partial charge in [-0.25, -0.2) is 16.8 Å². The van der Waals surface area contributed by atoms with E-state index in [1.54, 1.807) is 0 Å². The van der Waals surface area contributed by atoms with Gasteiger partial charge < -0.3 is 31.2 Å². The molecule has 30 heteroatoms. The zero-order valence-corrected chi connectivity index (χ0v) is 40.2. The molecule has 0 saturated carbocycles. The number of rotatable bonds is 18. The van der Waals surface area contributed by atoms with E-state index in [1.807, 2.05) is 0 Å². The number of phenols is 1. The van der Waals surface area contributed by atoms with Crippen molar-refractivity contribution in [3.05, 3.63) is 60.7 Å². The first-order valence-corrected chi connectivity index (χ1v) is 18.0. The van der Waals surface area contributed by atoms with Gasteiger partial charge in [-0.15, -0.1) is 19.7 Å². The number of anilines is 1. The molecule has 0 saturated heterocycles. The number of sulfone groups is 1. The van der Waals surface area contributed by atoms with Crippen LogP contribution in [0.5, 0.6) is 5.75 Å². The molecule has 0 aliphatic heterocycles. The van der Waals surface area contributed by atoms with Crippen LogP contribution >= 0.6 is 36.4 Å². The number of hydrogen-bond donors (Lipinski definition) is 2. The summed E-state index contributed by atoms with van der Waals surface area (Å²) in [5.41, 5.74) is 5.51. The largest absolute Gasteiger partial charge is 1.00 e. The minimum absolute atomic E-state index is 0. The summed E-state index contributed by atoms with van der Waals surface area (Å²) in [4.78, 5) is -0.942. The van der Waals surface area contributed by atoms with E-state index in [-0.39, 0.29) is 197 Å². The number of aromatic hydroxyl groups is 1. The van der Waals surface area contributed by atoms with Gasteiger partial charge >= 0.3 is 118 Å². The second-order valence-electron chi connectivity index (χ2n) is 8.93. The molecule has 0 aromatic heterocycles. The van der Waals surface area contributed by atoms with Crippen LogP contribution < -0.4 is 140 Å². The first kappa shape index (κ1) is 54.5. The van der Waals surface area contributed by atoms with Gasteiger partial charge in [0.15, 0.2) is 27.9 Å². The van der Waals surface area contributed by atoms with Crippen LogP contribution in [0.15, 0.2) is 101 Å². The molecule has 54 heavy (non-hydrogen) atoms. The van der Waals surface area contributed by atoms with Crippen molar-refractivity contribution >= 4 is 95.6 Å². The van der Waals surface area contributed by atoms with Gasteiger partial charge in [-0.2, -0.15) is 13.8 Å². The number of azo groups is 2. The van der Waals surface area contributed by atoms with Crippen LogP contribution in [-0.4, -0.2) is 38.9 Å². The zero-order chi connectivity index (χ0) is 36.3. The minimum Gasteiger partial charge on any atom is -0.744 e. The topological polar surface area (TPSA) is 321 Å². The number of nitrogens with zero attached hydrogens (tertiary/aromatic N) is 4. The Kier molecular flexibility index (Phi) is 26.7. The van der Waals surface area contributed by atoms with E-state index >= 15 is 0 Å². The van der Waals surface area contributed by atoms with Gasteiger partial charge in [0, 0.05) is 15.7 Å². The summed E-state index contributed by atoms with van der Waals surface area (Å²) in [6.07, 6.45) is 0. The summed E-state index contributed by atoms with van der Waals surface area (Å²) in [6.45, 7) is -0.315. The van der Waals surface area contributed by atoms with E-state index < -0.39 is 42.0 Å². The molecular formula is C24H17N5Na4O16S5. The van der Waals surface area contributed by atoms with Crippen LogP contribution in [0.1, 0.15) is 0 Å². The normalized spacial score (nSPS) is 11.6. The quantitative estimate of drug-likeness (QED) is 0.0137. The first-order valence-electron chi connectivity index (χ1n) is 12.7. The van der Waals surface area contributed by atoms with Crippen molar-refractivity contribution in [1.29, 1.82) is 0 Å². The van der Waals surface area contributed by atoms with Gasteiger partial charge in [0.25, 0.3) is 0 Å². The predicted octanol–water partition coefficient (Wildman–Crippen LogP) is -9.08. The van der Waals surface area contributed by atoms with Crippen molar-refractivity contribution < 1.29 is 193 Å². The molecule has 0 atom stereocenters. The summed E-state index contributed by atoms with van der Waals surface area (Å²) < 4.78 is 77.7. The van der Waals surface area contributed by atoms with Crippen molar-refractivity contribution in [2.24, 2.45) is 20.5 Å². The summed E-state index contributed by atoms with van der Waals surface area (Å²) in [7, 11) is -8.88. The molecule has 0 fully saturated rings. The number of phenolic OH excluding ortho intramolecular Hbond substituents is 1. The third kappa shape index (κ3) is 15.6. The Morgan fingerprint density at radius 3 is 1.98 bits per heavy atom. The van der Waals surface area contributed by atoms with E-state index in [1.165, 1.54) is 42.5 Å². The van der Waals surface area contributed by atoms with E-state index in [4.69, 9.17) is 9.92 Å². The van der Waals surface area contributed by atoms with Gasteiger partial charge in [0.1, 0.15) is 27.2 Å². The Morgan fingerprint density at radius 1 is 0.722 bits per heavy atom. The smallest absolute Gasteiger partial charge is 0.744 e. The Labute approximate surface area is 407 Å². The molecule has 0 aliphatic carbocycles. The Bertz CT molecular complexity index is 2110. The van der Waals surface area contributed by atoms with Crippen LogP contribution in [0, 0.1) is 0 Å². The van der Waals surface area contributed by atoms with Crippen LogP contribution in [0.3, 0.4) is 0 Å².